The van der Waals surface area contributed by atoms with Crippen molar-refractivity contribution in [1.29, 1.82) is 0 Å². The highest BCUT2D eigenvalue weighted by Gasteiger charge is 2.33. The first kappa shape index (κ1) is 16.5. The minimum Gasteiger partial charge on any atom is -0.395 e. The predicted molar refractivity (Wildman–Crippen MR) is 86.0 cm³/mol. The lowest BCUT2D eigenvalue weighted by Crippen LogP contribution is -2.46. The van der Waals surface area contributed by atoms with Crippen molar-refractivity contribution in [3.8, 4) is 0 Å². The third-order valence-electron chi connectivity index (χ3n) is 4.29. The molecule has 0 radical (unpaired) electrons. The van der Waals surface area contributed by atoms with Gasteiger partial charge in [-0.3, -0.25) is 9.59 Å². The van der Waals surface area contributed by atoms with Crippen molar-refractivity contribution < 1.29 is 14.7 Å². The summed E-state index contributed by atoms with van der Waals surface area (Å²) >= 11 is 0. The molecule has 1 heterocycles. The average molecular weight is 304 g/mol. The molecule has 2 N–H and O–H groups in total. The normalized spacial score (nSPS) is 20.5. The van der Waals surface area contributed by atoms with E-state index in [-0.39, 0.29) is 31.0 Å². The zero-order chi connectivity index (χ0) is 16.3. The summed E-state index contributed by atoms with van der Waals surface area (Å²) in [6.45, 7) is 5.99. The number of hydrogen-bond acceptors (Lipinski definition) is 3. The molecule has 0 fully saturated rings. The van der Waals surface area contributed by atoms with E-state index in [1.807, 2.05) is 17.0 Å². The van der Waals surface area contributed by atoms with Crippen LogP contribution in [-0.2, 0) is 11.2 Å². The lowest BCUT2D eigenvalue weighted by molar-refractivity contribution is -0.117. The summed E-state index contributed by atoms with van der Waals surface area (Å²) in [5, 5.41) is 11.4. The molecular formula is C17H24N2O3. The van der Waals surface area contributed by atoms with E-state index >= 15 is 0 Å². The first-order chi connectivity index (χ1) is 10.5. The maximum atomic E-state index is 12.1. The van der Waals surface area contributed by atoms with Gasteiger partial charge in [-0.2, -0.15) is 0 Å². The highest BCUT2D eigenvalue weighted by atomic mass is 16.3. The second-order valence-electron chi connectivity index (χ2n) is 5.87. The summed E-state index contributed by atoms with van der Waals surface area (Å²) < 4.78 is 0. The van der Waals surface area contributed by atoms with Crippen molar-refractivity contribution in [2.45, 2.75) is 39.7 Å². The molecule has 2 rings (SSSR count). The van der Waals surface area contributed by atoms with Crippen LogP contribution in [0.2, 0.25) is 0 Å². The smallest absolute Gasteiger partial charge is 0.251 e. The Bertz CT molecular complexity index is 571. The quantitative estimate of drug-likeness (QED) is 0.890. The van der Waals surface area contributed by atoms with Crippen LogP contribution in [0.5, 0.6) is 0 Å². The summed E-state index contributed by atoms with van der Waals surface area (Å²) in [6, 6.07) is 5.67. The summed E-state index contributed by atoms with van der Waals surface area (Å²) in [4.78, 5) is 25.9. The molecule has 0 aliphatic carbocycles. The van der Waals surface area contributed by atoms with Crippen molar-refractivity contribution >= 4 is 17.5 Å². The third-order valence-corrected chi connectivity index (χ3v) is 4.29. The molecule has 0 spiro atoms. The molecule has 22 heavy (non-hydrogen) atoms. The Hall–Kier alpha value is -1.88. The van der Waals surface area contributed by atoms with Crippen LogP contribution in [0.3, 0.4) is 0 Å². The number of carbonyl (C=O) groups is 2. The van der Waals surface area contributed by atoms with Gasteiger partial charge in [-0.25, -0.2) is 0 Å². The predicted octanol–water partition coefficient (Wildman–Crippen LogP) is 1.73. The minimum atomic E-state index is -0.198. The van der Waals surface area contributed by atoms with Gasteiger partial charge in [0.25, 0.3) is 5.91 Å². The molecule has 1 aliphatic rings. The van der Waals surface area contributed by atoms with E-state index in [2.05, 4.69) is 19.2 Å². The highest BCUT2D eigenvalue weighted by Crippen LogP contribution is 2.35. The molecule has 0 aromatic heterocycles. The molecule has 2 amide bonds. The first-order valence-corrected chi connectivity index (χ1v) is 7.81. The van der Waals surface area contributed by atoms with Crippen molar-refractivity contribution in [1.82, 2.24) is 5.32 Å². The molecule has 5 nitrogen and oxygen atoms in total. The number of amides is 2. The molecule has 5 heteroatoms. The fourth-order valence-corrected chi connectivity index (χ4v) is 3.30. The molecule has 1 aromatic carbocycles. The van der Waals surface area contributed by atoms with Crippen LogP contribution in [-0.4, -0.2) is 36.1 Å². The standard InChI is InChI=1S/C17H24N2O3/c1-4-15-11(2)9-14-10-13(17(22)18-7-8-20)5-6-16(14)19(15)12(3)21/h5-6,10-11,15,20H,4,7-9H2,1-3H3,(H,18,22)/t11-,15+/m1/s1. The number of nitrogens with zero attached hydrogens (tertiary/aromatic N) is 1. The number of carbonyl (C=O) groups excluding carboxylic acids is 2. The molecule has 0 bridgehead atoms. The van der Waals surface area contributed by atoms with Gasteiger partial charge in [0.1, 0.15) is 0 Å². The van der Waals surface area contributed by atoms with E-state index in [1.54, 1.807) is 13.0 Å². The number of aliphatic hydroxyl groups excluding tert-OH is 1. The van der Waals surface area contributed by atoms with E-state index in [1.165, 1.54) is 0 Å². The van der Waals surface area contributed by atoms with E-state index in [0.29, 0.717) is 11.5 Å². The highest BCUT2D eigenvalue weighted by molar-refractivity contribution is 5.97. The number of anilines is 1. The molecule has 1 aliphatic heterocycles. The van der Waals surface area contributed by atoms with Gasteiger partial charge in [0.15, 0.2) is 0 Å². The van der Waals surface area contributed by atoms with E-state index < -0.39 is 0 Å². The topological polar surface area (TPSA) is 69.6 Å². The summed E-state index contributed by atoms with van der Waals surface area (Å²) in [5.74, 6) is 0.200. The Morgan fingerprint density at radius 3 is 2.73 bits per heavy atom. The van der Waals surface area contributed by atoms with E-state index in [9.17, 15) is 9.59 Å². The van der Waals surface area contributed by atoms with E-state index in [4.69, 9.17) is 5.11 Å². The number of nitrogens with one attached hydrogen (secondary N) is 1. The van der Waals surface area contributed by atoms with Gasteiger partial charge >= 0.3 is 0 Å². The fourth-order valence-electron chi connectivity index (χ4n) is 3.30. The summed E-state index contributed by atoms with van der Waals surface area (Å²) in [7, 11) is 0. The Morgan fingerprint density at radius 1 is 1.41 bits per heavy atom. The van der Waals surface area contributed by atoms with Crippen molar-refractivity contribution in [2.24, 2.45) is 5.92 Å². The zero-order valence-electron chi connectivity index (χ0n) is 13.4. The number of aliphatic hydroxyl groups is 1. The van der Waals surface area contributed by atoms with E-state index in [0.717, 1.165) is 24.1 Å². The van der Waals surface area contributed by atoms with Gasteiger partial charge in [-0.1, -0.05) is 13.8 Å². The Morgan fingerprint density at radius 2 is 2.14 bits per heavy atom. The Kier molecular flexibility index (Phi) is 5.19. The molecule has 1 aromatic rings. The monoisotopic (exact) mass is 304 g/mol. The maximum Gasteiger partial charge on any atom is 0.251 e. The van der Waals surface area contributed by atoms with Gasteiger partial charge < -0.3 is 15.3 Å². The van der Waals surface area contributed by atoms with Crippen molar-refractivity contribution in [3.63, 3.8) is 0 Å². The van der Waals surface area contributed by atoms with Gasteiger partial charge in [0.05, 0.1) is 6.61 Å². The number of hydrogen-bond donors (Lipinski definition) is 2. The molecule has 120 valence electrons. The molecule has 2 atom stereocenters. The second kappa shape index (κ2) is 6.92. The second-order valence-corrected chi connectivity index (χ2v) is 5.87. The van der Waals surface area contributed by atoms with Gasteiger partial charge in [-0.15, -0.1) is 0 Å². The fraction of sp³-hybridized carbons (Fsp3) is 0.529. The zero-order valence-corrected chi connectivity index (χ0v) is 13.4. The van der Waals surface area contributed by atoms with Crippen LogP contribution in [0.15, 0.2) is 18.2 Å². The van der Waals surface area contributed by atoms with Crippen molar-refractivity contribution in [2.75, 3.05) is 18.1 Å². The number of benzene rings is 1. The minimum absolute atomic E-state index is 0.0390. The van der Waals surface area contributed by atoms with Crippen LogP contribution in [0.1, 0.15) is 43.1 Å². The molecule has 0 unspecified atom stereocenters. The van der Waals surface area contributed by atoms with Crippen LogP contribution < -0.4 is 10.2 Å². The average Bonchev–Trinajstić information content (AvgIpc) is 2.50. The number of rotatable bonds is 4. The summed E-state index contributed by atoms with van der Waals surface area (Å²) in [5.41, 5.74) is 2.51. The van der Waals surface area contributed by atoms with Crippen LogP contribution >= 0.6 is 0 Å². The lowest BCUT2D eigenvalue weighted by atomic mass is 9.84. The van der Waals surface area contributed by atoms with Gasteiger partial charge in [0, 0.05) is 30.8 Å². The van der Waals surface area contributed by atoms with Crippen LogP contribution in [0.25, 0.3) is 0 Å². The molecule has 0 saturated carbocycles. The Labute approximate surface area is 131 Å². The van der Waals surface area contributed by atoms with Crippen LogP contribution in [0, 0.1) is 5.92 Å². The SMILES string of the molecule is CC[C@H]1[C@H](C)Cc2cc(C(=O)NCCO)ccc2N1C(C)=O. The maximum absolute atomic E-state index is 12.1. The first-order valence-electron chi connectivity index (χ1n) is 7.81. The summed E-state index contributed by atoms with van der Waals surface area (Å²) in [6.07, 6.45) is 1.78. The largest absolute Gasteiger partial charge is 0.395 e. The van der Waals surface area contributed by atoms with Gasteiger partial charge in [0.2, 0.25) is 5.91 Å². The molecule has 0 saturated heterocycles. The third kappa shape index (κ3) is 3.14. The number of fused-ring (bicyclic) bond motifs is 1. The Balaban J connectivity index is 2.35. The van der Waals surface area contributed by atoms with Crippen LogP contribution in [0.4, 0.5) is 5.69 Å². The van der Waals surface area contributed by atoms with Gasteiger partial charge in [-0.05, 0) is 42.5 Å². The molecular weight excluding hydrogens is 280 g/mol. The lowest BCUT2D eigenvalue weighted by Gasteiger charge is -2.40. The van der Waals surface area contributed by atoms with Crippen molar-refractivity contribution in [3.05, 3.63) is 29.3 Å².